The molecule has 9 heteroatoms. The van der Waals surface area contributed by atoms with E-state index in [4.69, 9.17) is 16.7 Å². The van der Waals surface area contributed by atoms with Crippen molar-refractivity contribution in [2.45, 2.75) is 38.0 Å². The Morgan fingerprint density at radius 2 is 1.92 bits per heavy atom. The summed E-state index contributed by atoms with van der Waals surface area (Å²) in [4.78, 5) is 29.9. The van der Waals surface area contributed by atoms with Gasteiger partial charge in [-0.05, 0) is 66.4 Å². The van der Waals surface area contributed by atoms with Gasteiger partial charge in [-0.2, -0.15) is 10.1 Å². The Morgan fingerprint density at radius 3 is 2.68 bits per heavy atom. The van der Waals surface area contributed by atoms with E-state index in [1.807, 2.05) is 50.2 Å². The van der Waals surface area contributed by atoms with E-state index in [1.54, 1.807) is 23.2 Å². The molecule has 0 saturated carbocycles. The monoisotopic (exact) mass is 534 g/mol. The number of benzene rings is 3. The molecule has 6 nitrogen and oxygen atoms in total. The molecule has 2 aliphatic rings. The minimum Gasteiger partial charge on any atom is -0.326 e. The number of nitrogens with zero attached hydrogens (tertiary/aromatic N) is 3. The van der Waals surface area contributed by atoms with Gasteiger partial charge in [0.25, 0.3) is 5.91 Å². The molecule has 3 aromatic carbocycles. The van der Waals surface area contributed by atoms with Crippen molar-refractivity contribution in [3.63, 3.8) is 0 Å². The van der Waals surface area contributed by atoms with Gasteiger partial charge in [-0.1, -0.05) is 59.8 Å². The van der Waals surface area contributed by atoms with Crippen molar-refractivity contribution in [3.05, 3.63) is 99.8 Å². The van der Waals surface area contributed by atoms with Gasteiger partial charge in [-0.25, -0.2) is 9.40 Å². The SMILES string of the molecule is Cc1ccc(C)c(NC(=O)C[C@H]2SC(N3N=C(c4ccc(F)cc4)C[C@@H]3c3cccc(Cl)c3)=NC2=O)c1. The van der Waals surface area contributed by atoms with Crippen LogP contribution in [-0.4, -0.2) is 33.0 Å². The standard InChI is InChI=1S/C28H24ClFN4O2S/c1-16-6-7-17(2)22(12-16)31-26(35)15-25-27(36)32-28(37-25)34-24(19-4-3-5-20(29)13-19)14-23(33-34)18-8-10-21(30)11-9-18/h3-13,24-25H,14-15H2,1-2H3,(H,31,35)/t24-,25-/m1/s1. The van der Waals surface area contributed by atoms with Crippen molar-refractivity contribution < 1.29 is 14.0 Å². The molecule has 2 aliphatic heterocycles. The number of hydrogen-bond donors (Lipinski definition) is 1. The number of aliphatic imine (C=N–C) groups is 1. The highest BCUT2D eigenvalue weighted by Gasteiger charge is 2.39. The summed E-state index contributed by atoms with van der Waals surface area (Å²) in [5, 5.41) is 9.78. The largest absolute Gasteiger partial charge is 0.326 e. The van der Waals surface area contributed by atoms with E-state index in [-0.39, 0.29) is 30.1 Å². The van der Waals surface area contributed by atoms with Gasteiger partial charge in [-0.15, -0.1) is 0 Å². The molecule has 5 rings (SSSR count). The highest BCUT2D eigenvalue weighted by atomic mass is 35.5. The van der Waals surface area contributed by atoms with E-state index in [9.17, 15) is 14.0 Å². The molecule has 0 aromatic heterocycles. The van der Waals surface area contributed by atoms with E-state index >= 15 is 0 Å². The van der Waals surface area contributed by atoms with E-state index in [0.717, 1.165) is 33.7 Å². The number of aryl methyl sites for hydroxylation is 2. The molecule has 0 radical (unpaired) electrons. The van der Waals surface area contributed by atoms with E-state index < -0.39 is 5.25 Å². The van der Waals surface area contributed by atoms with Gasteiger partial charge in [0.2, 0.25) is 5.91 Å². The lowest BCUT2D eigenvalue weighted by Crippen LogP contribution is -2.25. The summed E-state index contributed by atoms with van der Waals surface area (Å²) in [6.45, 7) is 3.88. The molecule has 188 valence electrons. The average molecular weight is 535 g/mol. The van der Waals surface area contributed by atoms with Crippen LogP contribution in [0.15, 0.2) is 76.8 Å². The number of hydrogen-bond acceptors (Lipinski definition) is 5. The fourth-order valence-electron chi connectivity index (χ4n) is 4.32. The molecule has 37 heavy (non-hydrogen) atoms. The molecular formula is C28H24ClFN4O2S. The molecule has 0 aliphatic carbocycles. The van der Waals surface area contributed by atoms with Gasteiger partial charge in [0.05, 0.1) is 11.8 Å². The second kappa shape index (κ2) is 10.5. The van der Waals surface area contributed by atoms with E-state index in [2.05, 4.69) is 10.3 Å². The summed E-state index contributed by atoms with van der Waals surface area (Å²) in [6, 6.07) is 19.2. The van der Waals surface area contributed by atoms with E-state index in [1.165, 1.54) is 23.9 Å². The Balaban J connectivity index is 1.36. The normalized spacial score (nSPS) is 19.1. The molecule has 2 atom stereocenters. The second-order valence-corrected chi connectivity index (χ2v) is 10.7. The van der Waals surface area contributed by atoms with Crippen LogP contribution in [0.4, 0.5) is 10.1 Å². The highest BCUT2D eigenvalue weighted by molar-refractivity contribution is 8.15. The van der Waals surface area contributed by atoms with Gasteiger partial charge in [0.15, 0.2) is 5.17 Å². The van der Waals surface area contributed by atoms with Crippen LogP contribution in [0.1, 0.15) is 41.1 Å². The fourth-order valence-corrected chi connectivity index (χ4v) is 5.58. The molecular weight excluding hydrogens is 511 g/mol. The zero-order valence-electron chi connectivity index (χ0n) is 20.2. The van der Waals surface area contributed by atoms with Crippen molar-refractivity contribution in [3.8, 4) is 0 Å². The van der Waals surface area contributed by atoms with Gasteiger partial charge in [-0.3, -0.25) is 9.59 Å². The van der Waals surface area contributed by atoms with Crippen molar-refractivity contribution in [2.75, 3.05) is 5.32 Å². The van der Waals surface area contributed by atoms with Crippen LogP contribution in [0.2, 0.25) is 5.02 Å². The van der Waals surface area contributed by atoms with Crippen molar-refractivity contribution >= 4 is 51.7 Å². The number of amidine groups is 1. The summed E-state index contributed by atoms with van der Waals surface area (Å²) in [6.07, 6.45) is 0.519. The average Bonchev–Trinajstić information content (AvgIpc) is 3.46. The van der Waals surface area contributed by atoms with Crippen LogP contribution in [0, 0.1) is 19.7 Å². The Morgan fingerprint density at radius 1 is 1.14 bits per heavy atom. The first-order valence-electron chi connectivity index (χ1n) is 11.8. The number of carbonyl (C=O) groups excluding carboxylic acids is 2. The molecule has 1 N–H and O–H groups in total. The highest BCUT2D eigenvalue weighted by Crippen LogP contribution is 2.39. The molecule has 0 fully saturated rings. The molecule has 2 heterocycles. The zero-order chi connectivity index (χ0) is 26.1. The minimum absolute atomic E-state index is 0.00587. The Kier molecular flexibility index (Phi) is 7.13. The molecule has 2 amide bonds. The predicted molar refractivity (Wildman–Crippen MR) is 147 cm³/mol. The van der Waals surface area contributed by atoms with Crippen LogP contribution in [-0.2, 0) is 9.59 Å². The lowest BCUT2D eigenvalue weighted by molar-refractivity contribution is -0.121. The fraction of sp³-hybridized carbons (Fsp3) is 0.214. The summed E-state index contributed by atoms with van der Waals surface area (Å²) < 4.78 is 13.5. The molecule has 0 saturated heterocycles. The van der Waals surface area contributed by atoms with E-state index in [0.29, 0.717) is 16.6 Å². The maximum atomic E-state index is 13.5. The second-order valence-electron chi connectivity index (χ2n) is 9.08. The summed E-state index contributed by atoms with van der Waals surface area (Å²) in [5.74, 6) is -0.945. The number of hydrazone groups is 1. The van der Waals surface area contributed by atoms with Crippen LogP contribution in [0.3, 0.4) is 0 Å². The Hall–Kier alpha value is -3.49. The molecule has 0 spiro atoms. The van der Waals surface area contributed by atoms with Gasteiger partial charge in [0, 0.05) is 23.6 Å². The number of halogens is 2. The third-order valence-corrected chi connectivity index (χ3v) is 7.66. The third-order valence-electron chi connectivity index (χ3n) is 6.28. The zero-order valence-corrected chi connectivity index (χ0v) is 21.8. The van der Waals surface area contributed by atoms with Crippen molar-refractivity contribution in [1.29, 1.82) is 0 Å². The molecule has 0 bridgehead atoms. The summed E-state index contributed by atoms with van der Waals surface area (Å²) >= 11 is 7.49. The Labute approximate surface area is 223 Å². The predicted octanol–water partition coefficient (Wildman–Crippen LogP) is 6.27. The first-order valence-corrected chi connectivity index (χ1v) is 13.1. The van der Waals surface area contributed by atoms with Crippen LogP contribution >= 0.6 is 23.4 Å². The van der Waals surface area contributed by atoms with Gasteiger partial charge in [0.1, 0.15) is 11.1 Å². The maximum absolute atomic E-state index is 13.5. The van der Waals surface area contributed by atoms with Gasteiger partial charge >= 0.3 is 0 Å². The Bertz CT molecular complexity index is 1440. The van der Waals surface area contributed by atoms with Crippen LogP contribution < -0.4 is 5.32 Å². The summed E-state index contributed by atoms with van der Waals surface area (Å²) in [5.41, 5.74) is 5.17. The van der Waals surface area contributed by atoms with Crippen LogP contribution in [0.5, 0.6) is 0 Å². The number of nitrogens with one attached hydrogen (secondary N) is 1. The number of anilines is 1. The maximum Gasteiger partial charge on any atom is 0.262 e. The number of carbonyl (C=O) groups is 2. The molecule has 0 unspecified atom stereocenters. The smallest absolute Gasteiger partial charge is 0.262 e. The quantitative estimate of drug-likeness (QED) is 0.418. The van der Waals surface area contributed by atoms with Crippen molar-refractivity contribution in [2.24, 2.45) is 10.1 Å². The first kappa shape index (κ1) is 25.2. The van der Waals surface area contributed by atoms with Crippen molar-refractivity contribution in [1.82, 2.24) is 5.01 Å². The first-order chi connectivity index (χ1) is 17.8. The van der Waals surface area contributed by atoms with Crippen LogP contribution in [0.25, 0.3) is 0 Å². The number of thioether (sulfide) groups is 1. The minimum atomic E-state index is -0.648. The third kappa shape index (κ3) is 5.60. The lowest BCUT2D eigenvalue weighted by Gasteiger charge is -2.23. The number of rotatable bonds is 5. The van der Waals surface area contributed by atoms with Gasteiger partial charge < -0.3 is 5.32 Å². The topological polar surface area (TPSA) is 74.1 Å². The molecule has 3 aromatic rings. The summed E-state index contributed by atoms with van der Waals surface area (Å²) in [7, 11) is 0. The number of amides is 2. The lowest BCUT2D eigenvalue weighted by atomic mass is 9.98.